The molecule has 0 aromatic heterocycles. The standard InChI is InChI=1S/C20H23F3N2S/c1-13(14-5-7-15(8-6-14)19(2,3)4)24-18(26)25-17-11-9-16(10-12-17)20(21,22)23/h5-13H,1-4H3,(H2,24,25,26)/t13-/m0/s1. The molecule has 0 radical (unpaired) electrons. The Morgan fingerprint density at radius 2 is 1.38 bits per heavy atom. The first-order chi connectivity index (χ1) is 12.0. The lowest BCUT2D eigenvalue weighted by atomic mass is 9.86. The van der Waals surface area contributed by atoms with Crippen molar-refractivity contribution in [2.24, 2.45) is 0 Å². The minimum Gasteiger partial charge on any atom is -0.356 e. The van der Waals surface area contributed by atoms with Crippen LogP contribution in [-0.2, 0) is 11.6 Å². The van der Waals surface area contributed by atoms with E-state index in [9.17, 15) is 13.2 Å². The van der Waals surface area contributed by atoms with Crippen molar-refractivity contribution < 1.29 is 13.2 Å². The molecule has 0 saturated heterocycles. The number of hydrogen-bond acceptors (Lipinski definition) is 1. The van der Waals surface area contributed by atoms with E-state index >= 15 is 0 Å². The minimum atomic E-state index is -4.34. The van der Waals surface area contributed by atoms with Crippen molar-refractivity contribution in [2.75, 3.05) is 5.32 Å². The van der Waals surface area contributed by atoms with Crippen molar-refractivity contribution >= 4 is 23.0 Å². The summed E-state index contributed by atoms with van der Waals surface area (Å²) in [5.74, 6) is 0. The molecule has 0 aliphatic carbocycles. The Hall–Kier alpha value is -2.08. The van der Waals surface area contributed by atoms with Crippen molar-refractivity contribution in [1.82, 2.24) is 5.32 Å². The highest BCUT2D eigenvalue weighted by molar-refractivity contribution is 7.80. The van der Waals surface area contributed by atoms with E-state index in [1.165, 1.54) is 17.7 Å². The zero-order chi connectivity index (χ0) is 19.5. The monoisotopic (exact) mass is 380 g/mol. The van der Waals surface area contributed by atoms with Gasteiger partial charge in [0.2, 0.25) is 0 Å². The average Bonchev–Trinajstić information content (AvgIpc) is 2.53. The van der Waals surface area contributed by atoms with Crippen molar-refractivity contribution in [3.63, 3.8) is 0 Å². The summed E-state index contributed by atoms with van der Waals surface area (Å²) >= 11 is 5.26. The fourth-order valence-corrected chi connectivity index (χ4v) is 2.76. The molecule has 0 amide bonds. The number of halogens is 3. The lowest BCUT2D eigenvalue weighted by molar-refractivity contribution is -0.137. The third-order valence-corrected chi connectivity index (χ3v) is 4.31. The number of hydrogen-bond donors (Lipinski definition) is 2. The molecule has 0 aliphatic rings. The second-order valence-corrected chi connectivity index (χ2v) is 7.68. The van der Waals surface area contributed by atoms with Crippen LogP contribution in [0, 0.1) is 0 Å². The SMILES string of the molecule is C[C@H](NC(=S)Nc1ccc(C(F)(F)F)cc1)c1ccc(C(C)(C)C)cc1. The van der Waals surface area contributed by atoms with Crippen LogP contribution >= 0.6 is 12.2 Å². The number of alkyl halides is 3. The molecule has 140 valence electrons. The van der Waals surface area contributed by atoms with Crippen LogP contribution in [0.3, 0.4) is 0 Å². The molecule has 2 aromatic rings. The van der Waals surface area contributed by atoms with E-state index in [-0.39, 0.29) is 11.5 Å². The van der Waals surface area contributed by atoms with Crippen LogP contribution in [0.4, 0.5) is 18.9 Å². The van der Waals surface area contributed by atoms with Gasteiger partial charge in [0.05, 0.1) is 11.6 Å². The van der Waals surface area contributed by atoms with Gasteiger partial charge in [-0.05, 0) is 59.9 Å². The Morgan fingerprint density at radius 1 is 0.885 bits per heavy atom. The highest BCUT2D eigenvalue weighted by Crippen LogP contribution is 2.30. The van der Waals surface area contributed by atoms with Crippen LogP contribution in [0.5, 0.6) is 0 Å². The van der Waals surface area contributed by atoms with Crippen molar-refractivity contribution in [3.8, 4) is 0 Å². The number of anilines is 1. The predicted molar refractivity (Wildman–Crippen MR) is 104 cm³/mol. The summed E-state index contributed by atoms with van der Waals surface area (Å²) in [5.41, 5.74) is 2.24. The van der Waals surface area contributed by atoms with E-state index in [2.05, 4.69) is 55.7 Å². The van der Waals surface area contributed by atoms with Gasteiger partial charge in [-0.3, -0.25) is 0 Å². The van der Waals surface area contributed by atoms with Crippen LogP contribution in [0.15, 0.2) is 48.5 Å². The summed E-state index contributed by atoms with van der Waals surface area (Å²) in [6, 6.07) is 13.1. The molecule has 0 unspecified atom stereocenters. The lowest BCUT2D eigenvalue weighted by Gasteiger charge is -2.21. The molecular weight excluding hydrogens is 357 g/mol. The van der Waals surface area contributed by atoms with Gasteiger partial charge in [-0.15, -0.1) is 0 Å². The third-order valence-electron chi connectivity index (χ3n) is 4.09. The number of thiocarbonyl (C=S) groups is 1. The normalized spacial score (nSPS) is 13.2. The van der Waals surface area contributed by atoms with Crippen LogP contribution in [-0.4, -0.2) is 5.11 Å². The maximum Gasteiger partial charge on any atom is 0.416 e. The molecule has 0 heterocycles. The zero-order valence-corrected chi connectivity index (χ0v) is 16.1. The van der Waals surface area contributed by atoms with E-state index in [0.29, 0.717) is 10.8 Å². The van der Waals surface area contributed by atoms with E-state index in [1.807, 2.05) is 6.92 Å². The quantitative estimate of drug-likeness (QED) is 0.634. The van der Waals surface area contributed by atoms with Gasteiger partial charge in [-0.25, -0.2) is 0 Å². The molecule has 2 N–H and O–H groups in total. The van der Waals surface area contributed by atoms with Gasteiger partial charge in [0.1, 0.15) is 0 Å². The first-order valence-corrected chi connectivity index (χ1v) is 8.73. The van der Waals surface area contributed by atoms with E-state index < -0.39 is 11.7 Å². The largest absolute Gasteiger partial charge is 0.416 e. The maximum atomic E-state index is 12.6. The molecular formula is C20H23F3N2S. The fraction of sp³-hybridized carbons (Fsp3) is 0.350. The molecule has 1 atom stereocenters. The Labute approximate surface area is 157 Å². The molecule has 0 spiro atoms. The van der Waals surface area contributed by atoms with Crippen LogP contribution in [0.2, 0.25) is 0 Å². The fourth-order valence-electron chi connectivity index (χ4n) is 2.46. The van der Waals surface area contributed by atoms with E-state index in [0.717, 1.165) is 17.7 Å². The lowest BCUT2D eigenvalue weighted by Crippen LogP contribution is -2.31. The first kappa shape index (κ1) is 20.2. The topological polar surface area (TPSA) is 24.1 Å². The van der Waals surface area contributed by atoms with Gasteiger partial charge < -0.3 is 10.6 Å². The van der Waals surface area contributed by atoms with Gasteiger partial charge in [0, 0.05) is 5.69 Å². The molecule has 2 rings (SSSR count). The number of rotatable bonds is 3. The Kier molecular flexibility index (Phi) is 5.96. The van der Waals surface area contributed by atoms with Crippen LogP contribution in [0.25, 0.3) is 0 Å². The molecule has 2 nitrogen and oxygen atoms in total. The summed E-state index contributed by atoms with van der Waals surface area (Å²) in [4.78, 5) is 0. The van der Waals surface area contributed by atoms with Gasteiger partial charge in [-0.2, -0.15) is 13.2 Å². The Bertz CT molecular complexity index is 745. The highest BCUT2D eigenvalue weighted by Gasteiger charge is 2.29. The first-order valence-electron chi connectivity index (χ1n) is 8.32. The second kappa shape index (κ2) is 7.66. The molecule has 0 saturated carbocycles. The van der Waals surface area contributed by atoms with Crippen molar-refractivity contribution in [2.45, 2.75) is 45.3 Å². The number of benzene rings is 2. The smallest absolute Gasteiger partial charge is 0.356 e. The predicted octanol–water partition coefficient (Wildman–Crippen LogP) is 6.05. The molecule has 6 heteroatoms. The maximum absolute atomic E-state index is 12.6. The van der Waals surface area contributed by atoms with E-state index in [4.69, 9.17) is 12.2 Å². The van der Waals surface area contributed by atoms with E-state index in [1.54, 1.807) is 0 Å². The number of nitrogens with one attached hydrogen (secondary N) is 2. The third kappa shape index (κ3) is 5.46. The van der Waals surface area contributed by atoms with Gasteiger partial charge in [0.25, 0.3) is 0 Å². The minimum absolute atomic E-state index is 0.0292. The summed E-state index contributed by atoms with van der Waals surface area (Å²) in [7, 11) is 0. The molecule has 0 bridgehead atoms. The van der Waals surface area contributed by atoms with Crippen molar-refractivity contribution in [3.05, 3.63) is 65.2 Å². The molecule has 0 fully saturated rings. The van der Waals surface area contributed by atoms with Gasteiger partial charge in [-0.1, -0.05) is 45.0 Å². The van der Waals surface area contributed by atoms with Gasteiger partial charge in [0.15, 0.2) is 5.11 Å². The molecule has 2 aromatic carbocycles. The summed E-state index contributed by atoms with van der Waals surface area (Å²) < 4.78 is 37.8. The van der Waals surface area contributed by atoms with Gasteiger partial charge >= 0.3 is 6.18 Å². The van der Waals surface area contributed by atoms with Crippen LogP contribution < -0.4 is 10.6 Å². The Morgan fingerprint density at radius 3 is 1.85 bits per heavy atom. The Balaban J connectivity index is 1.96. The van der Waals surface area contributed by atoms with Crippen LogP contribution in [0.1, 0.15) is 50.4 Å². The highest BCUT2D eigenvalue weighted by atomic mass is 32.1. The summed E-state index contributed by atoms with van der Waals surface area (Å²) in [6.07, 6.45) is -4.34. The second-order valence-electron chi connectivity index (χ2n) is 7.27. The summed E-state index contributed by atoms with van der Waals surface area (Å²) in [6.45, 7) is 8.46. The van der Waals surface area contributed by atoms with Crippen molar-refractivity contribution in [1.29, 1.82) is 0 Å². The summed E-state index contributed by atoms with van der Waals surface area (Å²) in [5, 5.41) is 6.41. The molecule has 26 heavy (non-hydrogen) atoms. The zero-order valence-electron chi connectivity index (χ0n) is 15.2. The molecule has 0 aliphatic heterocycles. The average molecular weight is 380 g/mol.